The molecule has 1 unspecified atom stereocenters. The Hall–Kier alpha value is -3.37. The lowest BCUT2D eigenvalue weighted by Gasteiger charge is -2.17. The molecule has 2 heterocycles. The van der Waals surface area contributed by atoms with Crippen molar-refractivity contribution in [3.63, 3.8) is 0 Å². The van der Waals surface area contributed by atoms with E-state index in [0.717, 1.165) is 18.5 Å². The lowest BCUT2D eigenvalue weighted by Crippen LogP contribution is -2.34. The van der Waals surface area contributed by atoms with Gasteiger partial charge in [-0.1, -0.05) is 116 Å². The van der Waals surface area contributed by atoms with Crippen LogP contribution < -0.4 is 10.1 Å². The highest BCUT2D eigenvalue weighted by molar-refractivity contribution is 7.92. The van der Waals surface area contributed by atoms with Crippen LogP contribution in [0.15, 0.2) is 53.4 Å². The zero-order chi connectivity index (χ0) is 34.0. The monoisotopic (exact) mass is 683 g/mol. The Bertz CT molecular complexity index is 1710. The summed E-state index contributed by atoms with van der Waals surface area (Å²) in [7, 11) is -3.94. The highest BCUT2D eigenvalue weighted by Crippen LogP contribution is 2.32. The summed E-state index contributed by atoms with van der Waals surface area (Å²) in [6.07, 6.45) is 12.6. The third kappa shape index (κ3) is 9.60. The molecule has 47 heavy (non-hydrogen) atoms. The Morgan fingerprint density at radius 3 is 2.19 bits per heavy atom. The molecule has 4 aromatic rings. The zero-order valence-electron chi connectivity index (χ0n) is 28.4. The maximum atomic E-state index is 13.5. The van der Waals surface area contributed by atoms with Gasteiger partial charge >= 0.3 is 0 Å². The second kappa shape index (κ2) is 16.6. The first-order valence-electron chi connectivity index (χ1n) is 17.0. The Morgan fingerprint density at radius 2 is 1.60 bits per heavy atom. The number of nitrogens with one attached hydrogen (secondary N) is 2. The molecule has 0 aliphatic carbocycles. The fourth-order valence-electron chi connectivity index (χ4n) is 5.59. The van der Waals surface area contributed by atoms with E-state index in [1.165, 1.54) is 68.1 Å². The molecule has 1 amide bonds. The van der Waals surface area contributed by atoms with E-state index in [2.05, 4.69) is 27.4 Å². The third-order valence-corrected chi connectivity index (χ3v) is 10.9. The van der Waals surface area contributed by atoms with Crippen molar-refractivity contribution in [2.24, 2.45) is 0 Å². The molecule has 2 N–H and O–H groups in total. The van der Waals surface area contributed by atoms with E-state index in [4.69, 9.17) is 16.3 Å². The number of nitrogens with zero attached hydrogens (tertiary/aromatic N) is 3. The number of H-pyrrole nitrogens is 1. The molecule has 0 aliphatic rings. The number of unbranched alkanes of at least 4 members (excludes halogenated alkanes) is 9. The van der Waals surface area contributed by atoms with Crippen LogP contribution in [0.4, 0.5) is 5.69 Å². The minimum atomic E-state index is -3.94. The van der Waals surface area contributed by atoms with Crippen molar-refractivity contribution < 1.29 is 17.9 Å². The van der Waals surface area contributed by atoms with E-state index in [1.807, 2.05) is 26.8 Å². The molecule has 2 aromatic heterocycles. The average molecular weight is 684 g/mol. The number of carbonyl (C=O) groups excluding carboxylic acids is 1. The summed E-state index contributed by atoms with van der Waals surface area (Å²) >= 11 is 6.58. The van der Waals surface area contributed by atoms with Crippen LogP contribution >= 0.6 is 11.6 Å². The standard InChI is InChI=1S/C36H50ClN5O4S/c1-6-8-9-10-11-12-13-14-15-16-24-46-28-20-22-29(23-21-28)47(44,45)30(7-2)35(43)38-27-19-17-18-26(25-27)33-39-34-31(37)32(36(3,4)5)40-42(34)41-33/h17-23,25,30,40H,6-16,24H2,1-5H3,(H,38,43). The van der Waals surface area contributed by atoms with Gasteiger partial charge in [-0.05, 0) is 49.2 Å². The van der Waals surface area contributed by atoms with Crippen LogP contribution in [0.25, 0.3) is 17.0 Å². The third-order valence-electron chi connectivity index (χ3n) is 8.34. The van der Waals surface area contributed by atoms with Gasteiger partial charge in [0, 0.05) is 16.7 Å². The normalized spacial score (nSPS) is 12.8. The summed E-state index contributed by atoms with van der Waals surface area (Å²) < 4.78 is 34.4. The lowest BCUT2D eigenvalue weighted by molar-refractivity contribution is -0.115. The van der Waals surface area contributed by atoms with Crippen LogP contribution in [0.3, 0.4) is 0 Å². The van der Waals surface area contributed by atoms with Crippen LogP contribution in [0.1, 0.15) is 111 Å². The maximum Gasteiger partial charge on any atom is 0.243 e. The molecule has 0 aliphatic heterocycles. The van der Waals surface area contributed by atoms with E-state index in [9.17, 15) is 13.2 Å². The molecular formula is C36H50ClN5O4S. The predicted octanol–water partition coefficient (Wildman–Crippen LogP) is 9.17. The van der Waals surface area contributed by atoms with Gasteiger partial charge < -0.3 is 10.1 Å². The number of fused-ring (bicyclic) bond motifs is 1. The smallest absolute Gasteiger partial charge is 0.243 e. The molecule has 256 valence electrons. The topological polar surface area (TPSA) is 118 Å². The molecule has 0 saturated heterocycles. The van der Waals surface area contributed by atoms with E-state index in [1.54, 1.807) is 37.3 Å². The van der Waals surface area contributed by atoms with E-state index in [0.29, 0.717) is 40.1 Å². The molecule has 11 heteroatoms. The fourth-order valence-corrected chi connectivity index (χ4v) is 7.66. The van der Waals surface area contributed by atoms with Crippen molar-refractivity contribution in [3.8, 4) is 17.1 Å². The predicted molar refractivity (Wildman–Crippen MR) is 190 cm³/mol. The first-order chi connectivity index (χ1) is 22.5. The number of rotatable bonds is 18. The van der Waals surface area contributed by atoms with Gasteiger partial charge in [0.25, 0.3) is 0 Å². The summed E-state index contributed by atoms with van der Waals surface area (Å²) in [6.45, 7) is 10.7. The van der Waals surface area contributed by atoms with Gasteiger partial charge in [0.1, 0.15) is 16.0 Å². The number of halogens is 1. The molecule has 0 fully saturated rings. The second-order valence-corrected chi connectivity index (χ2v) is 15.7. The second-order valence-electron chi connectivity index (χ2n) is 13.2. The highest BCUT2D eigenvalue weighted by Gasteiger charge is 2.33. The summed E-state index contributed by atoms with van der Waals surface area (Å²) in [5.74, 6) is 0.438. The number of hydrogen-bond donors (Lipinski definition) is 2. The molecule has 2 aromatic carbocycles. The first kappa shape index (κ1) is 36.5. The largest absolute Gasteiger partial charge is 0.494 e. The molecule has 0 spiro atoms. The number of aromatic amines is 1. The first-order valence-corrected chi connectivity index (χ1v) is 18.9. The number of ether oxygens (including phenoxy) is 1. The van der Waals surface area contributed by atoms with Gasteiger partial charge in [-0.15, -0.1) is 5.10 Å². The van der Waals surface area contributed by atoms with Gasteiger partial charge in [-0.3, -0.25) is 9.89 Å². The number of sulfone groups is 1. The van der Waals surface area contributed by atoms with Crippen LogP contribution in [0.2, 0.25) is 5.02 Å². The van der Waals surface area contributed by atoms with Gasteiger partial charge in [0.15, 0.2) is 21.3 Å². The SMILES string of the molecule is CCCCCCCCCCCCOc1ccc(S(=O)(=O)C(CC)C(=O)Nc2cccc(-c3nc4c(Cl)c(C(C)(C)C)[nH]n4n3)c2)cc1. The number of amides is 1. The molecule has 1 atom stereocenters. The molecule has 0 bridgehead atoms. The van der Waals surface area contributed by atoms with Gasteiger partial charge in [0.05, 0.1) is 17.2 Å². The number of aromatic nitrogens is 4. The molecule has 9 nitrogen and oxygen atoms in total. The summed E-state index contributed by atoms with van der Waals surface area (Å²) in [5.41, 5.74) is 2.23. The van der Waals surface area contributed by atoms with E-state index >= 15 is 0 Å². The fraction of sp³-hybridized carbons (Fsp3) is 0.528. The minimum absolute atomic E-state index is 0.0864. The van der Waals surface area contributed by atoms with Crippen molar-refractivity contribution in [2.45, 2.75) is 121 Å². The average Bonchev–Trinajstić information content (AvgIpc) is 3.60. The van der Waals surface area contributed by atoms with Gasteiger partial charge in [-0.25, -0.2) is 13.4 Å². The Morgan fingerprint density at radius 1 is 0.957 bits per heavy atom. The van der Waals surface area contributed by atoms with Crippen molar-refractivity contribution in [1.82, 2.24) is 19.8 Å². The number of hydrogen-bond acceptors (Lipinski definition) is 6. The molecule has 0 saturated carbocycles. The van der Waals surface area contributed by atoms with Gasteiger partial charge in [-0.2, -0.15) is 4.63 Å². The van der Waals surface area contributed by atoms with Crippen molar-refractivity contribution >= 4 is 38.7 Å². The molecule has 4 rings (SSSR count). The molecule has 0 radical (unpaired) electrons. The molecular weight excluding hydrogens is 634 g/mol. The number of anilines is 1. The summed E-state index contributed by atoms with van der Waals surface area (Å²) in [4.78, 5) is 18.0. The minimum Gasteiger partial charge on any atom is -0.494 e. The van der Waals surface area contributed by atoms with Crippen LogP contribution in [0.5, 0.6) is 5.75 Å². The Kier molecular flexibility index (Phi) is 12.9. The van der Waals surface area contributed by atoms with E-state index < -0.39 is 21.0 Å². The lowest BCUT2D eigenvalue weighted by atomic mass is 9.92. The van der Waals surface area contributed by atoms with Gasteiger partial charge in [0.2, 0.25) is 5.91 Å². The summed E-state index contributed by atoms with van der Waals surface area (Å²) in [6, 6.07) is 13.3. The Labute approximate surface area is 284 Å². The van der Waals surface area contributed by atoms with E-state index in [-0.39, 0.29) is 16.7 Å². The maximum absolute atomic E-state index is 13.5. The van der Waals surface area contributed by atoms with Crippen molar-refractivity contribution in [2.75, 3.05) is 11.9 Å². The van der Waals surface area contributed by atoms with Crippen molar-refractivity contribution in [3.05, 3.63) is 59.2 Å². The Balaban J connectivity index is 1.31. The number of benzene rings is 2. The van der Waals surface area contributed by atoms with Crippen LogP contribution in [-0.4, -0.2) is 46.0 Å². The van der Waals surface area contributed by atoms with Crippen molar-refractivity contribution in [1.29, 1.82) is 0 Å². The van der Waals surface area contributed by atoms with Crippen LogP contribution in [0, 0.1) is 0 Å². The number of carbonyl (C=O) groups is 1. The van der Waals surface area contributed by atoms with Crippen LogP contribution in [-0.2, 0) is 20.0 Å². The highest BCUT2D eigenvalue weighted by atomic mass is 35.5. The zero-order valence-corrected chi connectivity index (χ0v) is 30.0. The summed E-state index contributed by atoms with van der Waals surface area (Å²) in [5, 5.41) is 9.75. The quantitative estimate of drug-likeness (QED) is 0.101.